The molecule has 0 aliphatic rings. The summed E-state index contributed by atoms with van der Waals surface area (Å²) in [4.78, 5) is 24.7. The van der Waals surface area contributed by atoms with Gasteiger partial charge in [-0.3, -0.25) is 14.9 Å². The van der Waals surface area contributed by atoms with Gasteiger partial charge in [0.25, 0.3) is 11.6 Å². The number of hydrogen-bond acceptors (Lipinski definition) is 4. The standard InChI is InChI=1S/C17H18FN3O3/c1-3-20(11-12-5-4-6-13(18)9-12)17(22)15-10-14(21(23)24)7-8-16(15)19-2/h4-10,19H,3,11H2,1-2H3. The van der Waals surface area contributed by atoms with Crippen molar-refractivity contribution in [1.29, 1.82) is 0 Å². The molecule has 0 atom stereocenters. The van der Waals surface area contributed by atoms with E-state index in [0.717, 1.165) is 0 Å². The van der Waals surface area contributed by atoms with Crippen molar-refractivity contribution in [3.05, 3.63) is 69.5 Å². The van der Waals surface area contributed by atoms with E-state index in [1.165, 1.54) is 35.2 Å². The number of amides is 1. The van der Waals surface area contributed by atoms with Crippen molar-refractivity contribution >= 4 is 17.3 Å². The number of nitrogens with one attached hydrogen (secondary N) is 1. The molecule has 2 rings (SSSR count). The van der Waals surface area contributed by atoms with E-state index in [9.17, 15) is 19.3 Å². The largest absolute Gasteiger partial charge is 0.387 e. The second-order valence-electron chi connectivity index (χ2n) is 5.19. The minimum atomic E-state index is -0.543. The van der Waals surface area contributed by atoms with E-state index in [0.29, 0.717) is 17.8 Å². The molecular formula is C17H18FN3O3. The molecule has 0 spiro atoms. The number of carbonyl (C=O) groups excluding carboxylic acids is 1. The van der Waals surface area contributed by atoms with Gasteiger partial charge in [0.15, 0.2) is 0 Å². The molecule has 0 bridgehead atoms. The molecule has 0 aliphatic heterocycles. The van der Waals surface area contributed by atoms with Crippen molar-refractivity contribution in [3.8, 4) is 0 Å². The molecule has 0 aromatic heterocycles. The predicted molar refractivity (Wildman–Crippen MR) is 89.5 cm³/mol. The van der Waals surface area contributed by atoms with Crippen LogP contribution in [0.2, 0.25) is 0 Å². The van der Waals surface area contributed by atoms with Gasteiger partial charge in [0, 0.05) is 38.0 Å². The molecule has 0 heterocycles. The summed E-state index contributed by atoms with van der Waals surface area (Å²) in [5, 5.41) is 13.8. The summed E-state index contributed by atoms with van der Waals surface area (Å²) in [6, 6.07) is 10.1. The van der Waals surface area contributed by atoms with Crippen molar-refractivity contribution in [2.45, 2.75) is 13.5 Å². The summed E-state index contributed by atoms with van der Waals surface area (Å²) >= 11 is 0. The summed E-state index contributed by atoms with van der Waals surface area (Å²) in [7, 11) is 1.64. The Morgan fingerprint density at radius 2 is 2.04 bits per heavy atom. The van der Waals surface area contributed by atoms with Gasteiger partial charge in [-0.2, -0.15) is 0 Å². The van der Waals surface area contributed by atoms with E-state index < -0.39 is 4.92 Å². The van der Waals surface area contributed by atoms with Crippen LogP contribution in [0.25, 0.3) is 0 Å². The zero-order valence-corrected chi connectivity index (χ0v) is 13.5. The first kappa shape index (κ1) is 17.4. The Hall–Kier alpha value is -2.96. The third kappa shape index (κ3) is 3.87. The first-order valence-corrected chi connectivity index (χ1v) is 7.46. The summed E-state index contributed by atoms with van der Waals surface area (Å²) in [6.45, 7) is 2.41. The average molecular weight is 331 g/mol. The van der Waals surface area contributed by atoms with E-state index in [-0.39, 0.29) is 29.5 Å². The molecule has 6 nitrogen and oxygen atoms in total. The lowest BCUT2D eigenvalue weighted by molar-refractivity contribution is -0.384. The topological polar surface area (TPSA) is 75.5 Å². The SMILES string of the molecule is CCN(Cc1cccc(F)c1)C(=O)c1cc([N+](=O)[O-])ccc1NC. The number of anilines is 1. The van der Waals surface area contributed by atoms with Crippen molar-refractivity contribution in [2.75, 3.05) is 18.9 Å². The van der Waals surface area contributed by atoms with Crippen LogP contribution in [0, 0.1) is 15.9 Å². The summed E-state index contributed by atoms with van der Waals surface area (Å²) in [6.07, 6.45) is 0. The van der Waals surface area contributed by atoms with Gasteiger partial charge in [0.05, 0.1) is 10.5 Å². The van der Waals surface area contributed by atoms with Crippen LogP contribution in [0.3, 0.4) is 0 Å². The first-order chi connectivity index (χ1) is 11.5. The first-order valence-electron chi connectivity index (χ1n) is 7.46. The zero-order chi connectivity index (χ0) is 17.7. The van der Waals surface area contributed by atoms with Crippen LogP contribution < -0.4 is 5.32 Å². The second-order valence-corrected chi connectivity index (χ2v) is 5.19. The number of carbonyl (C=O) groups is 1. The normalized spacial score (nSPS) is 10.3. The van der Waals surface area contributed by atoms with Crippen LogP contribution in [-0.4, -0.2) is 29.3 Å². The van der Waals surface area contributed by atoms with E-state index in [2.05, 4.69) is 5.32 Å². The van der Waals surface area contributed by atoms with Crippen LogP contribution in [0.15, 0.2) is 42.5 Å². The Morgan fingerprint density at radius 1 is 1.29 bits per heavy atom. The smallest absolute Gasteiger partial charge is 0.270 e. The number of nitro groups is 1. The third-order valence-electron chi connectivity index (χ3n) is 3.65. The molecule has 0 fully saturated rings. The molecule has 1 N–H and O–H groups in total. The van der Waals surface area contributed by atoms with Gasteiger partial charge in [-0.1, -0.05) is 12.1 Å². The molecule has 126 valence electrons. The summed E-state index contributed by atoms with van der Waals surface area (Å²) in [5.74, 6) is -0.725. The molecule has 24 heavy (non-hydrogen) atoms. The highest BCUT2D eigenvalue weighted by molar-refractivity contribution is 6.00. The third-order valence-corrected chi connectivity index (χ3v) is 3.65. The highest BCUT2D eigenvalue weighted by atomic mass is 19.1. The molecule has 0 saturated carbocycles. The average Bonchev–Trinajstić information content (AvgIpc) is 2.58. The molecule has 0 aliphatic carbocycles. The van der Waals surface area contributed by atoms with Crippen molar-refractivity contribution < 1.29 is 14.1 Å². The molecule has 0 radical (unpaired) electrons. The van der Waals surface area contributed by atoms with Crippen LogP contribution in [0.1, 0.15) is 22.8 Å². The summed E-state index contributed by atoms with van der Waals surface area (Å²) < 4.78 is 13.3. The van der Waals surface area contributed by atoms with Crippen LogP contribution in [0.5, 0.6) is 0 Å². The lowest BCUT2D eigenvalue weighted by atomic mass is 10.1. The minimum absolute atomic E-state index is 0.154. The van der Waals surface area contributed by atoms with Crippen LogP contribution in [-0.2, 0) is 6.54 Å². The Labute approximate surface area is 139 Å². The number of rotatable bonds is 6. The van der Waals surface area contributed by atoms with E-state index in [1.807, 2.05) is 0 Å². The van der Waals surface area contributed by atoms with Gasteiger partial charge < -0.3 is 10.2 Å². The quantitative estimate of drug-likeness (QED) is 0.650. The molecule has 2 aromatic carbocycles. The summed E-state index contributed by atoms with van der Waals surface area (Å²) in [5.41, 5.74) is 1.22. The van der Waals surface area contributed by atoms with Gasteiger partial charge in [-0.25, -0.2) is 4.39 Å². The van der Waals surface area contributed by atoms with Crippen molar-refractivity contribution in [3.63, 3.8) is 0 Å². The number of nitro benzene ring substituents is 1. The van der Waals surface area contributed by atoms with Gasteiger partial charge >= 0.3 is 0 Å². The number of hydrogen-bond donors (Lipinski definition) is 1. The zero-order valence-electron chi connectivity index (χ0n) is 13.5. The van der Waals surface area contributed by atoms with Crippen LogP contribution >= 0.6 is 0 Å². The van der Waals surface area contributed by atoms with Gasteiger partial charge in [0.2, 0.25) is 0 Å². The fourth-order valence-electron chi connectivity index (χ4n) is 2.39. The van der Waals surface area contributed by atoms with Crippen molar-refractivity contribution in [1.82, 2.24) is 4.90 Å². The molecule has 1 amide bonds. The minimum Gasteiger partial charge on any atom is -0.387 e. The van der Waals surface area contributed by atoms with Gasteiger partial charge in [-0.05, 0) is 30.7 Å². The maximum atomic E-state index is 13.3. The Morgan fingerprint density at radius 3 is 2.62 bits per heavy atom. The Balaban J connectivity index is 2.33. The number of halogens is 1. The van der Waals surface area contributed by atoms with E-state index in [4.69, 9.17) is 0 Å². The highest BCUT2D eigenvalue weighted by Crippen LogP contribution is 2.24. The maximum absolute atomic E-state index is 13.3. The number of benzene rings is 2. The molecule has 7 heteroatoms. The highest BCUT2D eigenvalue weighted by Gasteiger charge is 2.21. The fraction of sp³-hybridized carbons (Fsp3) is 0.235. The van der Waals surface area contributed by atoms with Gasteiger partial charge in [0.1, 0.15) is 5.82 Å². The van der Waals surface area contributed by atoms with E-state index in [1.54, 1.807) is 26.1 Å². The van der Waals surface area contributed by atoms with E-state index >= 15 is 0 Å². The second kappa shape index (κ2) is 7.54. The predicted octanol–water partition coefficient (Wildman–Crippen LogP) is 3.44. The molecule has 0 saturated heterocycles. The lowest BCUT2D eigenvalue weighted by Gasteiger charge is -2.22. The Kier molecular flexibility index (Phi) is 5.47. The number of non-ortho nitro benzene ring substituents is 1. The lowest BCUT2D eigenvalue weighted by Crippen LogP contribution is -2.31. The monoisotopic (exact) mass is 331 g/mol. The van der Waals surface area contributed by atoms with Crippen molar-refractivity contribution in [2.24, 2.45) is 0 Å². The molecular weight excluding hydrogens is 313 g/mol. The Bertz CT molecular complexity index is 764. The molecule has 0 unspecified atom stereocenters. The number of nitrogens with zero attached hydrogens (tertiary/aromatic N) is 2. The maximum Gasteiger partial charge on any atom is 0.270 e. The van der Waals surface area contributed by atoms with Gasteiger partial charge in [-0.15, -0.1) is 0 Å². The van der Waals surface area contributed by atoms with Crippen LogP contribution in [0.4, 0.5) is 15.8 Å². The fourth-order valence-corrected chi connectivity index (χ4v) is 2.39. The molecule has 2 aromatic rings.